The number of pyridine rings is 1. The van der Waals surface area contributed by atoms with E-state index in [9.17, 15) is 14.7 Å². The van der Waals surface area contributed by atoms with E-state index in [-0.39, 0.29) is 43.8 Å². The van der Waals surface area contributed by atoms with Crippen molar-refractivity contribution in [2.75, 3.05) is 40.4 Å². The highest BCUT2D eigenvalue weighted by Crippen LogP contribution is 2.45. The van der Waals surface area contributed by atoms with Crippen LogP contribution in [-0.2, 0) is 44.7 Å². The number of likely N-dealkylation sites (N-methyl/N-ethyl adjacent to an activating group) is 1. The Balaban J connectivity index is 1.27. The molecule has 1 N–H and O–H groups in total. The molecule has 5 aliphatic rings. The number of fused-ring (bicyclic) bond motifs is 4. The van der Waals surface area contributed by atoms with Crippen LogP contribution in [-0.4, -0.2) is 149 Å². The second-order valence-corrected chi connectivity index (χ2v) is 18.2. The van der Waals surface area contributed by atoms with E-state index in [4.69, 9.17) is 42.8 Å². The molecule has 0 aliphatic carbocycles. The molecule has 1 amide bonds. The second-order valence-electron chi connectivity index (χ2n) is 18.2. The number of oxime groups is 1. The molecule has 17 heteroatoms. The molecule has 0 saturated carbocycles. The summed E-state index contributed by atoms with van der Waals surface area (Å²) in [6, 6.07) is 4.76. The number of aromatic nitrogens is 2. The predicted octanol–water partition coefficient (Wildman–Crippen LogP) is 4.90. The molecule has 0 unspecified atom stereocenters. The second kappa shape index (κ2) is 18.4. The Labute approximate surface area is 358 Å². The van der Waals surface area contributed by atoms with Crippen LogP contribution in [0.3, 0.4) is 0 Å². The van der Waals surface area contributed by atoms with Crippen molar-refractivity contribution in [3.05, 3.63) is 36.2 Å². The molecule has 4 saturated heterocycles. The number of cyclic esters (lactones) is 1. The van der Waals surface area contributed by atoms with Gasteiger partial charge in [-0.2, -0.15) is 0 Å². The van der Waals surface area contributed by atoms with Gasteiger partial charge >= 0.3 is 12.1 Å². The number of ether oxygens (including phenoxy) is 6. The highest BCUT2D eigenvalue weighted by atomic mass is 16.7. The molecule has 4 fully saturated rings. The molecule has 0 aromatic carbocycles. The summed E-state index contributed by atoms with van der Waals surface area (Å²) in [5.41, 5.74) is 0.529. The minimum absolute atomic E-state index is 0.00554. The fourth-order valence-corrected chi connectivity index (χ4v) is 10.4. The Morgan fingerprint density at radius 3 is 2.54 bits per heavy atom. The third-order valence-electron chi connectivity index (χ3n) is 13.5. The third kappa shape index (κ3) is 9.09. The van der Waals surface area contributed by atoms with E-state index in [0.29, 0.717) is 49.5 Å². The molecule has 0 radical (unpaired) electrons. The molecule has 61 heavy (non-hydrogen) atoms. The Morgan fingerprint density at radius 2 is 1.85 bits per heavy atom. The van der Waals surface area contributed by atoms with E-state index in [1.54, 1.807) is 30.3 Å². The minimum Gasteiger partial charge on any atom is -0.458 e. The molecule has 0 spiro atoms. The molecular formula is C44H64N6O11. The van der Waals surface area contributed by atoms with Crippen LogP contribution >= 0.6 is 0 Å². The van der Waals surface area contributed by atoms with Crippen LogP contribution in [0.25, 0.3) is 11.5 Å². The first-order chi connectivity index (χ1) is 29.0. The van der Waals surface area contributed by atoms with Crippen LogP contribution < -0.4 is 0 Å². The maximum absolute atomic E-state index is 14.5. The monoisotopic (exact) mass is 852 g/mol. The Morgan fingerprint density at radius 1 is 1.07 bits per heavy atom. The summed E-state index contributed by atoms with van der Waals surface area (Å²) in [7, 11) is 3.87. The van der Waals surface area contributed by atoms with Gasteiger partial charge in [-0.25, -0.2) is 4.79 Å². The largest absolute Gasteiger partial charge is 0.458 e. The molecule has 7 heterocycles. The molecule has 7 rings (SSSR count). The topological polar surface area (TPSA) is 189 Å². The van der Waals surface area contributed by atoms with E-state index in [1.807, 2.05) is 65.7 Å². The van der Waals surface area contributed by atoms with Gasteiger partial charge in [0.2, 0.25) is 0 Å². The van der Waals surface area contributed by atoms with Crippen molar-refractivity contribution < 1.29 is 52.5 Å². The fourth-order valence-electron chi connectivity index (χ4n) is 10.4. The molecular weight excluding hydrogens is 789 g/mol. The average molecular weight is 853 g/mol. The number of amides is 1. The van der Waals surface area contributed by atoms with Gasteiger partial charge in [-0.05, 0) is 73.0 Å². The summed E-state index contributed by atoms with van der Waals surface area (Å²) >= 11 is 0. The zero-order chi connectivity index (χ0) is 43.8. The smallest absolute Gasteiger partial charge is 0.410 e. The normalized spacial score (nSPS) is 39.4. The van der Waals surface area contributed by atoms with Crippen LogP contribution in [0.15, 0.2) is 45.3 Å². The lowest BCUT2D eigenvalue weighted by molar-refractivity contribution is -0.302. The van der Waals surface area contributed by atoms with Gasteiger partial charge < -0.3 is 47.8 Å². The van der Waals surface area contributed by atoms with E-state index in [1.165, 1.54) is 0 Å². The molecule has 2 aromatic rings. The number of aliphatic hydroxyl groups is 1. The number of carbonyl (C=O) groups is 2. The van der Waals surface area contributed by atoms with Gasteiger partial charge in [0.05, 0.1) is 61.8 Å². The SMILES string of the molecule is CC[C@H]1OC(=O)[C@H](C)[C@H]2OC/C(=N\OCc3ccc(-c4ccno4)nc3)CO[C@](C)(C[C@@H](C)C3=NCCN4C(=O)O[C@@]1(C)[C@H]4[C@H]3C)[C@H](O[C@H]1O[C@@H](C)C[C@@H](N(C)C)[C@@H]1O)[C@H]2C. The highest BCUT2D eigenvalue weighted by molar-refractivity contribution is 5.91. The number of hydrogen-bond donors (Lipinski definition) is 1. The van der Waals surface area contributed by atoms with Gasteiger partial charge in [0.1, 0.15) is 30.2 Å². The number of esters is 1. The summed E-state index contributed by atoms with van der Waals surface area (Å²) in [6.07, 6.45) is -0.292. The van der Waals surface area contributed by atoms with Crippen molar-refractivity contribution in [1.82, 2.24) is 19.9 Å². The van der Waals surface area contributed by atoms with Crippen molar-refractivity contribution >= 4 is 23.5 Å². The number of rotatable bonds is 8. The third-order valence-corrected chi connectivity index (χ3v) is 13.5. The van der Waals surface area contributed by atoms with Gasteiger partial charge in [-0.15, -0.1) is 0 Å². The van der Waals surface area contributed by atoms with Crippen LogP contribution in [0.1, 0.15) is 80.2 Å². The lowest BCUT2D eigenvalue weighted by Gasteiger charge is -2.48. The van der Waals surface area contributed by atoms with Crippen molar-refractivity contribution in [1.29, 1.82) is 0 Å². The molecule has 4 bridgehead atoms. The van der Waals surface area contributed by atoms with E-state index in [0.717, 1.165) is 11.3 Å². The van der Waals surface area contributed by atoms with Gasteiger partial charge in [0.15, 0.2) is 17.7 Å². The Hall–Kier alpha value is -4.00. The fraction of sp³-hybridized carbons (Fsp3) is 0.727. The summed E-state index contributed by atoms with van der Waals surface area (Å²) < 4.78 is 45.1. The van der Waals surface area contributed by atoms with Crippen molar-refractivity contribution in [3.8, 4) is 11.5 Å². The summed E-state index contributed by atoms with van der Waals surface area (Å²) in [5.74, 6) is -1.76. The zero-order valence-electron chi connectivity index (χ0n) is 37.2. The summed E-state index contributed by atoms with van der Waals surface area (Å²) in [5, 5.41) is 20.1. The Bertz CT molecular complexity index is 1900. The summed E-state index contributed by atoms with van der Waals surface area (Å²) in [6.45, 7) is 16.6. The van der Waals surface area contributed by atoms with Crippen LogP contribution in [0.2, 0.25) is 0 Å². The Kier molecular flexibility index (Phi) is 13.6. The number of aliphatic hydroxyl groups excluding tert-OH is 1. The van der Waals surface area contributed by atoms with E-state index in [2.05, 4.69) is 29.1 Å². The minimum atomic E-state index is -1.14. The van der Waals surface area contributed by atoms with Gasteiger partial charge in [-0.3, -0.25) is 19.7 Å². The van der Waals surface area contributed by atoms with Gasteiger partial charge in [0.25, 0.3) is 0 Å². The van der Waals surface area contributed by atoms with Gasteiger partial charge in [-0.1, -0.05) is 44.1 Å². The van der Waals surface area contributed by atoms with Crippen molar-refractivity contribution in [2.45, 2.75) is 141 Å². The molecule has 5 aliphatic heterocycles. The van der Waals surface area contributed by atoms with Crippen molar-refractivity contribution in [3.63, 3.8) is 0 Å². The first-order valence-electron chi connectivity index (χ1n) is 21.7. The maximum atomic E-state index is 14.5. The van der Waals surface area contributed by atoms with Crippen LogP contribution in [0, 0.1) is 23.7 Å². The summed E-state index contributed by atoms with van der Waals surface area (Å²) in [4.78, 5) is 47.3. The maximum Gasteiger partial charge on any atom is 0.410 e. The van der Waals surface area contributed by atoms with E-state index < -0.39 is 71.8 Å². The van der Waals surface area contributed by atoms with Gasteiger partial charge in [0, 0.05) is 48.0 Å². The molecule has 336 valence electrons. The van der Waals surface area contributed by atoms with Crippen molar-refractivity contribution in [2.24, 2.45) is 33.8 Å². The number of aliphatic imine (C=N–C) groups is 1. The number of hydrogen-bond acceptors (Lipinski definition) is 16. The highest BCUT2D eigenvalue weighted by Gasteiger charge is 2.60. The standard InChI is InChI=1S/C44H64N6O11/c1-11-34-44(8)38-26(4)35(45-16-17-50(38)42(53)60-44)24(2)19-43(7)39(59-41-36(51)32(49(9)10)18-25(3)57-41)27(5)37(28(6)40(52)58-34)54-22-30(23-55-43)48-56-21-29-12-13-31(46-20-29)33-14-15-47-61-33/h12-15,20,24-28,32,34,36-39,41,51H,11,16-19,21-23H2,1-10H3/b48-30+/t24-,25+,26+,27+,28-,32-,34-,36+,37+,38-,39-,41-,43-,44-/m1/s1. The van der Waals surface area contributed by atoms with Crippen LogP contribution in [0.5, 0.6) is 0 Å². The molecule has 14 atom stereocenters. The quantitative estimate of drug-likeness (QED) is 0.279. The number of nitrogens with zero attached hydrogens (tertiary/aromatic N) is 6. The van der Waals surface area contributed by atoms with E-state index >= 15 is 0 Å². The number of carbonyl (C=O) groups excluding carboxylic acids is 2. The molecule has 17 nitrogen and oxygen atoms in total. The first kappa shape index (κ1) is 45.0. The lowest BCUT2D eigenvalue weighted by atomic mass is 9.72. The van der Waals surface area contributed by atoms with Crippen LogP contribution in [0.4, 0.5) is 4.79 Å². The zero-order valence-corrected chi connectivity index (χ0v) is 37.2. The first-order valence-corrected chi connectivity index (χ1v) is 21.7. The lowest BCUT2D eigenvalue weighted by Crippen LogP contribution is -2.60. The molecule has 2 aromatic heterocycles. The average Bonchev–Trinajstić information content (AvgIpc) is 3.81. The predicted molar refractivity (Wildman–Crippen MR) is 222 cm³/mol.